The summed E-state index contributed by atoms with van der Waals surface area (Å²) in [7, 11) is 0. The molecule has 0 saturated carbocycles. The van der Waals surface area contributed by atoms with Gasteiger partial charge in [0.05, 0.1) is 11.2 Å². The molecule has 1 aromatic heterocycles. The molecule has 176 valence electrons. The molecule has 0 atom stereocenters. The molecule has 34 heavy (non-hydrogen) atoms. The second-order valence-electron chi connectivity index (χ2n) is 8.01. The molecule has 0 bridgehead atoms. The predicted octanol–water partition coefficient (Wildman–Crippen LogP) is 6.40. The van der Waals surface area contributed by atoms with Crippen molar-refractivity contribution >= 4 is 22.6 Å². The van der Waals surface area contributed by atoms with Crippen molar-refractivity contribution in [1.82, 2.24) is 4.98 Å². The number of aryl methyl sites for hydroxylation is 3. The van der Waals surface area contributed by atoms with Crippen LogP contribution in [0.5, 0.6) is 0 Å². The second-order valence-corrected chi connectivity index (χ2v) is 8.01. The molecule has 4 aromatic rings. The van der Waals surface area contributed by atoms with Crippen molar-refractivity contribution in [2.75, 3.05) is 5.73 Å². The average Bonchev–Trinajstić information content (AvgIpc) is 3.15. The fraction of sp³-hybridized carbons (Fsp3) is 0.160. The average molecular weight is 474 g/mol. The normalized spacial score (nSPS) is 12.5. The van der Waals surface area contributed by atoms with Crippen LogP contribution in [0.25, 0.3) is 33.3 Å². The number of aromatic nitrogens is 1. The number of benzene rings is 3. The van der Waals surface area contributed by atoms with E-state index in [4.69, 9.17) is 15.6 Å². The number of aliphatic carboxylic acids is 1. The maximum absolute atomic E-state index is 15.4. The summed E-state index contributed by atoms with van der Waals surface area (Å²) in [5.41, 5.74) is 13.2. The van der Waals surface area contributed by atoms with Gasteiger partial charge < -0.3 is 15.8 Å². The van der Waals surface area contributed by atoms with Crippen molar-refractivity contribution in [2.45, 2.75) is 25.9 Å². The minimum atomic E-state index is -5.08. The van der Waals surface area contributed by atoms with Gasteiger partial charge in [0.25, 0.3) is 0 Å². The van der Waals surface area contributed by atoms with Crippen LogP contribution < -0.4 is 5.73 Å². The first-order chi connectivity index (χ1) is 16.0. The van der Waals surface area contributed by atoms with Crippen LogP contribution in [-0.2, 0) is 17.6 Å². The quantitative estimate of drug-likeness (QED) is 0.221. The maximum Gasteiger partial charge on any atom is 0.490 e. The third kappa shape index (κ3) is 4.21. The van der Waals surface area contributed by atoms with E-state index in [-0.39, 0.29) is 11.6 Å². The van der Waals surface area contributed by atoms with Crippen molar-refractivity contribution in [1.29, 1.82) is 0 Å². The smallest absolute Gasteiger partial charge is 0.475 e. The molecule has 4 nitrogen and oxygen atoms in total. The predicted molar refractivity (Wildman–Crippen MR) is 119 cm³/mol. The molecule has 9 heteroatoms. The minimum absolute atomic E-state index is 0.286. The number of anilines is 1. The van der Waals surface area contributed by atoms with E-state index in [2.05, 4.69) is 4.98 Å². The molecule has 1 heterocycles. The van der Waals surface area contributed by atoms with Gasteiger partial charge in [0.15, 0.2) is 5.82 Å². The number of aromatic amines is 1. The number of hydrogen-bond acceptors (Lipinski definition) is 2. The van der Waals surface area contributed by atoms with E-state index in [0.717, 1.165) is 40.7 Å². The largest absolute Gasteiger partial charge is 0.490 e. The number of hydrogen-bond donors (Lipinski definition) is 3. The Labute approximate surface area is 190 Å². The molecule has 0 saturated heterocycles. The zero-order chi connectivity index (χ0) is 24.8. The zero-order valence-corrected chi connectivity index (χ0v) is 17.9. The molecule has 5 rings (SSSR count). The van der Waals surface area contributed by atoms with Crippen LogP contribution in [0, 0.1) is 18.6 Å². The molecule has 4 N–H and O–H groups in total. The monoisotopic (exact) mass is 474 g/mol. The first kappa shape index (κ1) is 23.3. The number of fused-ring (bicyclic) bond motifs is 5. The van der Waals surface area contributed by atoms with E-state index in [1.54, 1.807) is 25.1 Å². The highest BCUT2D eigenvalue weighted by Crippen LogP contribution is 2.40. The summed E-state index contributed by atoms with van der Waals surface area (Å²) in [5, 5.41) is 8.03. The van der Waals surface area contributed by atoms with Gasteiger partial charge in [-0.05, 0) is 66.3 Å². The Balaban J connectivity index is 0.000000344. The van der Waals surface area contributed by atoms with Crippen LogP contribution in [0.2, 0.25) is 0 Å². The van der Waals surface area contributed by atoms with Crippen molar-refractivity contribution < 1.29 is 31.9 Å². The van der Waals surface area contributed by atoms with Gasteiger partial charge in [-0.25, -0.2) is 13.6 Å². The Hall–Kier alpha value is -3.88. The number of alkyl halides is 3. The number of H-pyrrole nitrogens is 1. The van der Waals surface area contributed by atoms with E-state index in [0.29, 0.717) is 22.2 Å². The Bertz CT molecular complexity index is 1420. The van der Waals surface area contributed by atoms with E-state index in [1.807, 2.05) is 24.3 Å². The minimum Gasteiger partial charge on any atom is -0.475 e. The third-order valence-corrected chi connectivity index (χ3v) is 5.77. The van der Waals surface area contributed by atoms with Crippen LogP contribution in [0.1, 0.15) is 16.7 Å². The topological polar surface area (TPSA) is 79.1 Å². The summed E-state index contributed by atoms with van der Waals surface area (Å²) in [6.45, 7) is 1.69. The van der Waals surface area contributed by atoms with Crippen molar-refractivity contribution in [3.8, 4) is 22.4 Å². The first-order valence-electron chi connectivity index (χ1n) is 10.3. The van der Waals surface area contributed by atoms with Crippen LogP contribution in [0.4, 0.5) is 27.6 Å². The lowest BCUT2D eigenvalue weighted by Gasteiger charge is -2.17. The SMILES string of the molecule is Cc1cc(-c2ccc3c4c([nH]c3c2F)-c2ccc(N)cc2CC4)ccc1F.O=C(O)C(F)(F)F. The summed E-state index contributed by atoms with van der Waals surface area (Å²) in [4.78, 5) is 12.2. The summed E-state index contributed by atoms with van der Waals surface area (Å²) in [5.74, 6) is -3.34. The number of carbonyl (C=O) groups is 1. The number of rotatable bonds is 1. The highest BCUT2D eigenvalue weighted by atomic mass is 19.4. The van der Waals surface area contributed by atoms with E-state index in [9.17, 15) is 17.6 Å². The standard InChI is InChI=1S/C23H18F2N2.C2HF3O2/c1-12-10-13(3-9-20(12)24)16-7-8-19-18-5-2-14-11-15(26)4-6-17(14)22(18)27-23(19)21(16)25;3-2(4,5)1(6)7/h3-4,6-11,27H,2,5,26H2,1H3;(H,6,7). The molecule has 0 spiro atoms. The van der Waals surface area contributed by atoms with Gasteiger partial charge in [0, 0.05) is 22.2 Å². The van der Waals surface area contributed by atoms with Gasteiger partial charge in [0.1, 0.15) is 5.82 Å². The number of halogens is 5. The van der Waals surface area contributed by atoms with Gasteiger partial charge in [-0.1, -0.05) is 24.3 Å². The van der Waals surface area contributed by atoms with Gasteiger partial charge in [0.2, 0.25) is 0 Å². The maximum atomic E-state index is 15.4. The van der Waals surface area contributed by atoms with Crippen LogP contribution in [0.15, 0.2) is 48.5 Å². The van der Waals surface area contributed by atoms with Crippen LogP contribution in [0.3, 0.4) is 0 Å². The van der Waals surface area contributed by atoms with E-state index < -0.39 is 12.1 Å². The van der Waals surface area contributed by atoms with Gasteiger partial charge in [-0.15, -0.1) is 0 Å². The number of nitrogens with two attached hydrogens (primary N) is 1. The molecule has 1 aliphatic rings. The summed E-state index contributed by atoms with van der Waals surface area (Å²) >= 11 is 0. The lowest BCUT2D eigenvalue weighted by atomic mass is 9.88. The van der Waals surface area contributed by atoms with Crippen LogP contribution in [-0.4, -0.2) is 22.2 Å². The molecular formula is C25H19F5N2O2. The number of carboxylic acids is 1. The van der Waals surface area contributed by atoms with Gasteiger partial charge in [-0.3, -0.25) is 0 Å². The lowest BCUT2D eigenvalue weighted by Crippen LogP contribution is -2.21. The Morgan fingerprint density at radius 1 is 1.00 bits per heavy atom. The molecule has 0 aliphatic heterocycles. The fourth-order valence-corrected chi connectivity index (χ4v) is 4.13. The second kappa shape index (κ2) is 8.48. The molecule has 0 radical (unpaired) electrons. The molecule has 3 aromatic carbocycles. The van der Waals surface area contributed by atoms with Crippen molar-refractivity contribution in [3.63, 3.8) is 0 Å². The molecule has 0 unspecified atom stereocenters. The molecular weight excluding hydrogens is 455 g/mol. The highest BCUT2D eigenvalue weighted by molar-refractivity contribution is 5.95. The summed E-state index contributed by atoms with van der Waals surface area (Å²) in [6, 6.07) is 14.3. The fourth-order valence-electron chi connectivity index (χ4n) is 4.13. The Morgan fingerprint density at radius 2 is 1.68 bits per heavy atom. The molecule has 0 fully saturated rings. The van der Waals surface area contributed by atoms with Gasteiger partial charge >= 0.3 is 12.1 Å². The zero-order valence-electron chi connectivity index (χ0n) is 17.9. The molecule has 0 amide bonds. The van der Waals surface area contributed by atoms with Crippen molar-refractivity contribution in [2.24, 2.45) is 0 Å². The summed E-state index contributed by atoms with van der Waals surface area (Å²) in [6.07, 6.45) is -3.35. The third-order valence-electron chi connectivity index (χ3n) is 5.77. The highest BCUT2D eigenvalue weighted by Gasteiger charge is 2.38. The lowest BCUT2D eigenvalue weighted by molar-refractivity contribution is -0.192. The van der Waals surface area contributed by atoms with E-state index >= 15 is 4.39 Å². The number of carboxylic acid groups (broad SMARTS) is 1. The van der Waals surface area contributed by atoms with Gasteiger partial charge in [-0.2, -0.15) is 13.2 Å². The first-order valence-corrected chi connectivity index (χ1v) is 10.3. The molecule has 1 aliphatic carbocycles. The number of nitrogen functional groups attached to an aromatic ring is 1. The number of nitrogens with one attached hydrogen (secondary N) is 1. The van der Waals surface area contributed by atoms with E-state index in [1.165, 1.54) is 11.6 Å². The summed E-state index contributed by atoms with van der Waals surface area (Å²) < 4.78 is 60.7. The Kier molecular flexibility index (Phi) is 5.80. The van der Waals surface area contributed by atoms with Crippen molar-refractivity contribution in [3.05, 3.63) is 76.9 Å². The Morgan fingerprint density at radius 3 is 2.32 bits per heavy atom. The van der Waals surface area contributed by atoms with Crippen LogP contribution >= 0.6 is 0 Å².